The highest BCUT2D eigenvalue weighted by Gasteiger charge is 2.43. The smallest absolute Gasteiger partial charge is 0.226 e. The molecule has 1 aromatic heterocycles. The number of likely N-dealkylation sites (tertiary alicyclic amines) is 1. The summed E-state index contributed by atoms with van der Waals surface area (Å²) < 4.78 is 33.2. The highest BCUT2D eigenvalue weighted by Crippen LogP contribution is 2.29. The number of amides is 2. The number of unbranched alkanes of at least 4 members (excludes halogenated alkanes) is 1. The molecular weight excluding hydrogens is 468 g/mol. The van der Waals surface area contributed by atoms with Crippen LogP contribution in [0.2, 0.25) is 0 Å². The van der Waals surface area contributed by atoms with Crippen molar-refractivity contribution in [1.29, 1.82) is 0 Å². The van der Waals surface area contributed by atoms with E-state index >= 15 is 0 Å². The molecule has 36 heavy (non-hydrogen) atoms. The van der Waals surface area contributed by atoms with E-state index in [1.54, 1.807) is 17.0 Å². The molecule has 0 radical (unpaired) electrons. The summed E-state index contributed by atoms with van der Waals surface area (Å²) in [7, 11) is 0. The van der Waals surface area contributed by atoms with Gasteiger partial charge in [-0.15, -0.1) is 0 Å². The minimum absolute atomic E-state index is 0.0403. The number of aliphatic hydroxyl groups excluding tert-OH is 1. The van der Waals surface area contributed by atoms with E-state index in [-0.39, 0.29) is 29.5 Å². The van der Waals surface area contributed by atoms with Gasteiger partial charge < -0.3 is 20.1 Å². The summed E-state index contributed by atoms with van der Waals surface area (Å²) in [6, 6.07) is 5.37. The number of nitrogens with zero attached hydrogens (tertiary/aromatic N) is 2. The fourth-order valence-corrected chi connectivity index (χ4v) is 4.70. The molecule has 2 N–H and O–H groups in total. The first-order valence-corrected chi connectivity index (χ1v) is 12.6. The van der Waals surface area contributed by atoms with Gasteiger partial charge in [0.05, 0.1) is 30.2 Å². The van der Waals surface area contributed by atoms with Crippen molar-refractivity contribution in [3.63, 3.8) is 0 Å². The van der Waals surface area contributed by atoms with Gasteiger partial charge in [0, 0.05) is 31.4 Å². The monoisotopic (exact) mass is 503 g/mol. The van der Waals surface area contributed by atoms with Gasteiger partial charge in [-0.05, 0) is 49.9 Å². The van der Waals surface area contributed by atoms with E-state index in [4.69, 9.17) is 4.74 Å². The Labute approximate surface area is 210 Å². The third kappa shape index (κ3) is 6.78. The molecule has 0 spiro atoms. The molecule has 1 fully saturated rings. The van der Waals surface area contributed by atoms with Crippen LogP contribution < -0.4 is 10.1 Å². The number of rotatable bonds is 12. The maximum atomic E-state index is 13.9. The van der Waals surface area contributed by atoms with Crippen molar-refractivity contribution in [1.82, 2.24) is 15.2 Å². The number of carbonyl (C=O) groups is 2. The molecular formula is C27H35F2N3O4. The van der Waals surface area contributed by atoms with Gasteiger partial charge in [-0.1, -0.05) is 20.3 Å². The van der Waals surface area contributed by atoms with Gasteiger partial charge in [-0.25, -0.2) is 8.78 Å². The first-order valence-electron chi connectivity index (χ1n) is 12.6. The molecule has 2 aromatic rings. The van der Waals surface area contributed by atoms with Gasteiger partial charge in [-0.3, -0.25) is 14.6 Å². The number of aliphatic hydroxyl groups is 1. The number of nitrogens with one attached hydrogen (secondary N) is 1. The molecule has 7 nitrogen and oxygen atoms in total. The predicted molar refractivity (Wildman–Crippen MR) is 131 cm³/mol. The maximum absolute atomic E-state index is 13.9. The first-order chi connectivity index (χ1) is 17.3. The Bertz CT molecular complexity index is 1030. The number of hydrogen-bond acceptors (Lipinski definition) is 5. The molecule has 2 amide bonds. The van der Waals surface area contributed by atoms with Crippen LogP contribution in [0.15, 0.2) is 36.5 Å². The van der Waals surface area contributed by atoms with Gasteiger partial charge in [0.25, 0.3) is 0 Å². The fraction of sp³-hybridized carbons (Fsp3) is 0.519. The normalized spacial score (nSPS) is 19.3. The van der Waals surface area contributed by atoms with Crippen LogP contribution in [-0.2, 0) is 16.0 Å². The SMILES string of the molecule is CCCCN1CC(C(=O)N[C@@H](Cc2cc(F)cc(F)c2)[C@H](O)c2cc(OCC)ccn2)[C@H](CC)C1=O. The van der Waals surface area contributed by atoms with Gasteiger partial charge in [-0.2, -0.15) is 0 Å². The van der Waals surface area contributed by atoms with Crippen molar-refractivity contribution in [2.24, 2.45) is 11.8 Å². The number of carbonyl (C=O) groups excluding carboxylic acids is 2. The number of halogens is 2. The van der Waals surface area contributed by atoms with E-state index in [1.165, 1.54) is 18.3 Å². The summed E-state index contributed by atoms with van der Waals surface area (Å²) in [5, 5.41) is 14.1. The third-order valence-electron chi connectivity index (χ3n) is 6.54. The van der Waals surface area contributed by atoms with E-state index in [2.05, 4.69) is 10.3 Å². The van der Waals surface area contributed by atoms with Crippen LogP contribution in [0.25, 0.3) is 0 Å². The summed E-state index contributed by atoms with van der Waals surface area (Å²) in [4.78, 5) is 32.2. The number of ether oxygens (including phenoxy) is 1. The zero-order valence-corrected chi connectivity index (χ0v) is 21.0. The molecule has 4 atom stereocenters. The molecule has 1 unspecified atom stereocenters. The Morgan fingerprint density at radius 2 is 1.94 bits per heavy atom. The lowest BCUT2D eigenvalue weighted by atomic mass is 9.91. The van der Waals surface area contributed by atoms with E-state index in [0.29, 0.717) is 31.9 Å². The van der Waals surface area contributed by atoms with E-state index in [0.717, 1.165) is 18.9 Å². The molecule has 3 rings (SSSR count). The van der Waals surface area contributed by atoms with E-state index in [9.17, 15) is 23.5 Å². The Morgan fingerprint density at radius 1 is 1.22 bits per heavy atom. The van der Waals surface area contributed by atoms with Crippen molar-refractivity contribution >= 4 is 11.8 Å². The van der Waals surface area contributed by atoms with Crippen LogP contribution >= 0.6 is 0 Å². The molecule has 0 saturated carbocycles. The predicted octanol–water partition coefficient (Wildman–Crippen LogP) is 3.80. The summed E-state index contributed by atoms with van der Waals surface area (Å²) in [6.07, 6.45) is 2.46. The zero-order valence-electron chi connectivity index (χ0n) is 21.0. The number of benzene rings is 1. The van der Waals surface area contributed by atoms with Crippen molar-refractivity contribution in [2.75, 3.05) is 19.7 Å². The molecule has 196 valence electrons. The lowest BCUT2D eigenvalue weighted by Gasteiger charge is -2.26. The summed E-state index contributed by atoms with van der Waals surface area (Å²) in [5.41, 5.74) is 0.527. The number of pyridine rings is 1. The zero-order chi connectivity index (χ0) is 26.2. The van der Waals surface area contributed by atoms with E-state index in [1.807, 2.05) is 20.8 Å². The lowest BCUT2D eigenvalue weighted by molar-refractivity contribution is -0.133. The first kappa shape index (κ1) is 27.5. The number of hydrogen-bond donors (Lipinski definition) is 2. The highest BCUT2D eigenvalue weighted by atomic mass is 19.1. The second-order valence-electron chi connectivity index (χ2n) is 9.15. The van der Waals surface area contributed by atoms with E-state index < -0.39 is 35.6 Å². The van der Waals surface area contributed by atoms with Crippen molar-refractivity contribution in [3.05, 3.63) is 59.4 Å². The minimum Gasteiger partial charge on any atom is -0.494 e. The van der Waals surface area contributed by atoms with Crippen molar-refractivity contribution in [2.45, 2.75) is 58.6 Å². The topological polar surface area (TPSA) is 91.8 Å². The van der Waals surface area contributed by atoms with Gasteiger partial charge in [0.2, 0.25) is 11.8 Å². The molecule has 1 aliphatic rings. The third-order valence-corrected chi connectivity index (χ3v) is 6.54. The highest BCUT2D eigenvalue weighted by molar-refractivity contribution is 5.91. The molecule has 1 saturated heterocycles. The second kappa shape index (κ2) is 12.8. The van der Waals surface area contributed by atoms with Crippen LogP contribution in [0, 0.1) is 23.5 Å². The fourth-order valence-electron chi connectivity index (χ4n) is 4.70. The molecule has 9 heteroatoms. The Kier molecular flexibility index (Phi) is 9.75. The minimum atomic E-state index is -1.28. The van der Waals surface area contributed by atoms with Crippen LogP contribution in [0.1, 0.15) is 57.4 Å². The van der Waals surface area contributed by atoms with Gasteiger partial charge in [0.1, 0.15) is 23.5 Å². The average Bonchev–Trinajstić information content (AvgIpc) is 3.16. The molecule has 1 aromatic carbocycles. The Hall–Kier alpha value is -3.07. The summed E-state index contributed by atoms with van der Waals surface area (Å²) >= 11 is 0. The van der Waals surface area contributed by atoms with Crippen LogP contribution in [0.4, 0.5) is 8.78 Å². The van der Waals surface area contributed by atoms with Crippen molar-refractivity contribution < 1.29 is 28.2 Å². The summed E-state index contributed by atoms with van der Waals surface area (Å²) in [6.45, 7) is 7.06. The Morgan fingerprint density at radius 3 is 2.58 bits per heavy atom. The maximum Gasteiger partial charge on any atom is 0.226 e. The standard InChI is InChI=1S/C27H35F2N3O4/c1-4-7-10-32-16-22(21(5-2)27(32)35)26(34)31-24(13-17-11-18(28)14-19(29)12-17)25(33)23-15-20(36-6-3)8-9-30-23/h8-9,11-12,14-15,21-22,24-25,33H,4-7,10,13,16H2,1-3H3,(H,31,34)/t21-,22?,24-,25+/m0/s1. The molecule has 0 bridgehead atoms. The van der Waals surface area contributed by atoms with Gasteiger partial charge in [0.15, 0.2) is 0 Å². The van der Waals surface area contributed by atoms with Crippen LogP contribution in [0.3, 0.4) is 0 Å². The van der Waals surface area contributed by atoms with Gasteiger partial charge >= 0.3 is 0 Å². The average molecular weight is 504 g/mol. The Balaban J connectivity index is 1.86. The van der Waals surface area contributed by atoms with Crippen molar-refractivity contribution in [3.8, 4) is 5.75 Å². The molecule has 0 aliphatic carbocycles. The number of aromatic nitrogens is 1. The quantitative estimate of drug-likeness (QED) is 0.460. The lowest BCUT2D eigenvalue weighted by Crippen LogP contribution is -2.45. The molecule has 1 aliphatic heterocycles. The van der Waals surface area contributed by atoms with Crippen LogP contribution in [-0.4, -0.2) is 52.5 Å². The second-order valence-corrected chi connectivity index (χ2v) is 9.15. The largest absolute Gasteiger partial charge is 0.494 e. The summed E-state index contributed by atoms with van der Waals surface area (Å²) in [5.74, 6) is -2.45. The van der Waals surface area contributed by atoms with Crippen LogP contribution in [0.5, 0.6) is 5.75 Å². The molecule has 2 heterocycles.